The third kappa shape index (κ3) is 4.07. The highest BCUT2D eigenvalue weighted by molar-refractivity contribution is 5.81. The lowest BCUT2D eigenvalue weighted by Gasteiger charge is -2.32. The summed E-state index contributed by atoms with van der Waals surface area (Å²) >= 11 is 0. The van der Waals surface area contributed by atoms with E-state index in [1.807, 2.05) is 24.3 Å². The predicted molar refractivity (Wildman–Crippen MR) is 102 cm³/mol. The number of rotatable bonds is 4. The average Bonchev–Trinajstić information content (AvgIpc) is 3.10. The smallest absolute Gasteiger partial charge is 0.417 e. The molecule has 154 valence electrons. The van der Waals surface area contributed by atoms with Crippen LogP contribution < -0.4 is 4.74 Å². The van der Waals surface area contributed by atoms with Crippen molar-refractivity contribution in [2.45, 2.75) is 38.4 Å². The van der Waals surface area contributed by atoms with Crippen molar-refractivity contribution in [1.82, 2.24) is 15.0 Å². The Hall–Kier alpha value is -2.61. The Morgan fingerprint density at radius 2 is 2.10 bits per heavy atom. The first-order chi connectivity index (χ1) is 13.8. The van der Waals surface area contributed by atoms with Gasteiger partial charge in [-0.1, -0.05) is 17.3 Å². The van der Waals surface area contributed by atoms with Crippen LogP contribution in [0.15, 0.2) is 34.9 Å². The second-order valence-corrected chi connectivity index (χ2v) is 7.48. The van der Waals surface area contributed by atoms with Gasteiger partial charge in [0.15, 0.2) is 0 Å². The summed E-state index contributed by atoms with van der Waals surface area (Å²) in [6.45, 7) is 3.72. The minimum absolute atomic E-state index is 0.00340. The van der Waals surface area contributed by atoms with Crippen LogP contribution in [-0.4, -0.2) is 35.2 Å². The van der Waals surface area contributed by atoms with Crippen LogP contribution in [0.1, 0.15) is 41.3 Å². The number of ether oxygens (including phenoxy) is 1. The number of hydrogen-bond donors (Lipinski definition) is 0. The molecule has 29 heavy (non-hydrogen) atoms. The number of aryl methyl sites for hydroxylation is 1. The maximum Gasteiger partial charge on any atom is 0.417 e. The summed E-state index contributed by atoms with van der Waals surface area (Å²) < 4.78 is 51.4. The lowest BCUT2D eigenvalue weighted by Crippen LogP contribution is -2.34. The third-order valence-electron chi connectivity index (χ3n) is 5.34. The van der Waals surface area contributed by atoms with Gasteiger partial charge in [-0.05, 0) is 50.1 Å². The molecule has 1 aliphatic rings. The Morgan fingerprint density at radius 1 is 1.28 bits per heavy atom. The molecule has 5 nitrogen and oxygen atoms in total. The van der Waals surface area contributed by atoms with E-state index < -0.39 is 11.7 Å². The molecule has 1 saturated heterocycles. The molecule has 0 spiro atoms. The number of pyridine rings is 1. The number of aromatic nitrogens is 2. The molecule has 1 aliphatic heterocycles. The minimum Gasteiger partial charge on any atom is -0.497 e. The molecular formula is C21H22F3N3O2. The Kier molecular flexibility index (Phi) is 5.21. The van der Waals surface area contributed by atoms with Crippen LogP contribution in [0.2, 0.25) is 0 Å². The average molecular weight is 405 g/mol. The predicted octanol–water partition coefficient (Wildman–Crippen LogP) is 4.94. The van der Waals surface area contributed by atoms with Crippen LogP contribution in [0, 0.1) is 6.92 Å². The highest BCUT2D eigenvalue weighted by Crippen LogP contribution is 2.40. The maximum atomic E-state index is 13.6. The summed E-state index contributed by atoms with van der Waals surface area (Å²) in [6, 6.07) is 8.89. The van der Waals surface area contributed by atoms with E-state index >= 15 is 0 Å². The van der Waals surface area contributed by atoms with Gasteiger partial charge in [-0.2, -0.15) is 13.2 Å². The standard InChI is InChI=1S/C21H22F3N3O2/c1-13-9-17(21(22,23)24)18-19(26-29-20(18)25-13)15-6-4-8-27(12-15)11-14-5-3-7-16(10-14)28-2/h3,5,7,9-10,15H,4,6,8,11-12H2,1-2H3. The highest BCUT2D eigenvalue weighted by atomic mass is 19.4. The monoisotopic (exact) mass is 405 g/mol. The SMILES string of the molecule is COc1cccc(CN2CCCC(c3noc4nc(C)cc(C(F)(F)F)c34)C2)c1. The van der Waals surface area contributed by atoms with Crippen molar-refractivity contribution in [3.8, 4) is 5.75 Å². The van der Waals surface area contributed by atoms with Crippen LogP contribution in [0.5, 0.6) is 5.75 Å². The van der Waals surface area contributed by atoms with Crippen LogP contribution in [0.3, 0.4) is 0 Å². The van der Waals surface area contributed by atoms with Crippen molar-refractivity contribution in [1.29, 1.82) is 0 Å². The summed E-state index contributed by atoms with van der Waals surface area (Å²) in [5, 5.41) is 4.02. The van der Waals surface area contributed by atoms with E-state index in [9.17, 15) is 13.2 Å². The number of methoxy groups -OCH3 is 1. The Bertz CT molecular complexity index is 1020. The van der Waals surface area contributed by atoms with Crippen LogP contribution in [0.4, 0.5) is 13.2 Å². The van der Waals surface area contributed by atoms with E-state index in [2.05, 4.69) is 15.0 Å². The molecule has 1 unspecified atom stereocenters. The number of alkyl halides is 3. The lowest BCUT2D eigenvalue weighted by atomic mass is 9.91. The van der Waals surface area contributed by atoms with Gasteiger partial charge in [0.2, 0.25) is 0 Å². The topological polar surface area (TPSA) is 51.4 Å². The number of nitrogens with zero attached hydrogens (tertiary/aromatic N) is 3. The van der Waals surface area contributed by atoms with Crippen molar-refractivity contribution in [3.05, 3.63) is 52.8 Å². The number of piperidine rings is 1. The summed E-state index contributed by atoms with van der Waals surface area (Å²) in [5.74, 6) is 0.649. The Morgan fingerprint density at radius 3 is 2.86 bits per heavy atom. The van der Waals surface area contributed by atoms with E-state index in [1.54, 1.807) is 7.11 Å². The molecule has 0 bridgehead atoms. The van der Waals surface area contributed by atoms with E-state index in [0.29, 0.717) is 18.8 Å². The van der Waals surface area contributed by atoms with E-state index in [0.717, 1.165) is 36.8 Å². The molecule has 3 aromatic rings. The van der Waals surface area contributed by atoms with Gasteiger partial charge in [0, 0.05) is 24.7 Å². The Labute approximate surface area is 166 Å². The first-order valence-electron chi connectivity index (χ1n) is 9.54. The molecule has 0 radical (unpaired) electrons. The minimum atomic E-state index is -4.48. The lowest BCUT2D eigenvalue weighted by molar-refractivity contribution is -0.136. The largest absolute Gasteiger partial charge is 0.497 e. The van der Waals surface area contributed by atoms with Gasteiger partial charge in [-0.25, -0.2) is 4.98 Å². The maximum absolute atomic E-state index is 13.6. The second-order valence-electron chi connectivity index (χ2n) is 7.48. The highest BCUT2D eigenvalue weighted by Gasteiger charge is 2.37. The fourth-order valence-corrected chi connectivity index (χ4v) is 4.05. The van der Waals surface area contributed by atoms with Crippen molar-refractivity contribution in [3.63, 3.8) is 0 Å². The van der Waals surface area contributed by atoms with Crippen molar-refractivity contribution in [2.24, 2.45) is 0 Å². The second kappa shape index (κ2) is 7.67. The van der Waals surface area contributed by atoms with Gasteiger partial charge in [0.1, 0.15) is 5.75 Å². The van der Waals surface area contributed by atoms with Gasteiger partial charge in [0.05, 0.1) is 23.8 Å². The van der Waals surface area contributed by atoms with Crippen molar-refractivity contribution >= 4 is 11.1 Å². The summed E-state index contributed by atoms with van der Waals surface area (Å²) in [6.07, 6.45) is -2.84. The van der Waals surface area contributed by atoms with E-state index in [4.69, 9.17) is 9.26 Å². The fraction of sp³-hybridized carbons (Fsp3) is 0.429. The first kappa shape index (κ1) is 19.7. The molecule has 0 aliphatic carbocycles. The molecule has 3 heterocycles. The zero-order chi connectivity index (χ0) is 20.6. The molecule has 1 atom stereocenters. The quantitative estimate of drug-likeness (QED) is 0.616. The third-order valence-corrected chi connectivity index (χ3v) is 5.34. The van der Waals surface area contributed by atoms with Gasteiger partial charge in [-0.3, -0.25) is 4.90 Å². The van der Waals surface area contributed by atoms with Crippen LogP contribution in [-0.2, 0) is 12.7 Å². The molecule has 0 saturated carbocycles. The van der Waals surface area contributed by atoms with E-state index in [-0.39, 0.29) is 22.7 Å². The van der Waals surface area contributed by atoms with Gasteiger partial charge in [-0.15, -0.1) is 0 Å². The summed E-state index contributed by atoms with van der Waals surface area (Å²) in [4.78, 5) is 6.35. The number of fused-ring (bicyclic) bond motifs is 1. The van der Waals surface area contributed by atoms with Crippen molar-refractivity contribution < 1.29 is 22.4 Å². The Balaban J connectivity index is 1.62. The normalized spacial score (nSPS) is 18.3. The zero-order valence-corrected chi connectivity index (χ0v) is 16.3. The number of benzene rings is 1. The molecule has 2 aromatic heterocycles. The molecule has 1 fully saturated rings. The van der Waals surface area contributed by atoms with Crippen LogP contribution in [0.25, 0.3) is 11.1 Å². The van der Waals surface area contributed by atoms with Crippen molar-refractivity contribution in [2.75, 3.05) is 20.2 Å². The van der Waals surface area contributed by atoms with Gasteiger partial charge in [0.25, 0.3) is 5.71 Å². The van der Waals surface area contributed by atoms with Gasteiger partial charge < -0.3 is 9.26 Å². The summed E-state index contributed by atoms with van der Waals surface area (Å²) in [5.41, 5.74) is 0.952. The van der Waals surface area contributed by atoms with Gasteiger partial charge >= 0.3 is 6.18 Å². The molecule has 1 aromatic carbocycles. The fourth-order valence-electron chi connectivity index (χ4n) is 4.05. The molecule has 4 rings (SSSR count). The number of likely N-dealkylation sites (tertiary alicyclic amines) is 1. The molecule has 0 N–H and O–H groups in total. The van der Waals surface area contributed by atoms with Crippen LogP contribution >= 0.6 is 0 Å². The summed E-state index contributed by atoms with van der Waals surface area (Å²) in [7, 11) is 1.62. The molecular weight excluding hydrogens is 383 g/mol. The zero-order valence-electron chi connectivity index (χ0n) is 16.3. The number of hydrogen-bond acceptors (Lipinski definition) is 5. The molecule has 8 heteroatoms. The molecule has 0 amide bonds. The van der Waals surface area contributed by atoms with E-state index in [1.165, 1.54) is 6.92 Å². The number of halogens is 3. The first-order valence-corrected chi connectivity index (χ1v) is 9.54.